The van der Waals surface area contributed by atoms with Crippen LogP contribution >= 0.6 is 11.6 Å². The maximum absolute atomic E-state index is 13.2. The van der Waals surface area contributed by atoms with E-state index in [1.165, 1.54) is 6.07 Å². The fourth-order valence-corrected chi connectivity index (χ4v) is 4.46. The third kappa shape index (κ3) is 3.02. The minimum Gasteiger partial charge on any atom is -0.306 e. The first-order valence-corrected chi connectivity index (χ1v) is 7.90. The highest BCUT2D eigenvalue weighted by Gasteiger charge is 2.37. The summed E-state index contributed by atoms with van der Waals surface area (Å²) >= 11 is 5.85. The van der Waals surface area contributed by atoms with E-state index in [-0.39, 0.29) is 16.5 Å². The summed E-state index contributed by atoms with van der Waals surface area (Å²) in [6.45, 7) is 2.23. The zero-order chi connectivity index (χ0) is 13.4. The molecule has 0 bridgehead atoms. The van der Waals surface area contributed by atoms with Gasteiger partial charge in [0.2, 0.25) is 0 Å². The molecule has 1 unspecified atom stereocenters. The van der Waals surface area contributed by atoms with Crippen LogP contribution in [0.5, 0.6) is 0 Å². The highest BCUT2D eigenvalue weighted by Crippen LogP contribution is 2.25. The van der Waals surface area contributed by atoms with Crippen LogP contribution in [0.3, 0.4) is 0 Å². The van der Waals surface area contributed by atoms with Gasteiger partial charge in [-0.05, 0) is 25.0 Å². The number of sulfone groups is 1. The first-order valence-electron chi connectivity index (χ1n) is 5.70. The summed E-state index contributed by atoms with van der Waals surface area (Å²) in [5, 5.41) is 3.26. The second-order valence-corrected chi connectivity index (χ2v) is 7.53. The number of nitrogens with one attached hydrogen (secondary N) is 1. The van der Waals surface area contributed by atoms with Gasteiger partial charge in [-0.25, -0.2) is 12.8 Å². The summed E-state index contributed by atoms with van der Waals surface area (Å²) in [6.07, 6.45) is 0.572. The van der Waals surface area contributed by atoms with Crippen LogP contribution in [-0.2, 0) is 16.4 Å². The van der Waals surface area contributed by atoms with Gasteiger partial charge in [0, 0.05) is 12.1 Å². The molecule has 0 saturated carbocycles. The van der Waals surface area contributed by atoms with Gasteiger partial charge < -0.3 is 5.32 Å². The Balaban J connectivity index is 2.06. The predicted octanol–water partition coefficient (Wildman–Crippen LogP) is 2.15. The van der Waals surface area contributed by atoms with Crippen LogP contribution in [0.2, 0.25) is 5.02 Å². The molecule has 1 aliphatic heterocycles. The van der Waals surface area contributed by atoms with E-state index in [9.17, 15) is 12.8 Å². The van der Waals surface area contributed by atoms with Gasteiger partial charge in [-0.3, -0.25) is 0 Å². The smallest absolute Gasteiger partial charge is 0.152 e. The largest absolute Gasteiger partial charge is 0.306 e. The lowest BCUT2D eigenvalue weighted by atomic mass is 10.0. The molecule has 0 aliphatic carbocycles. The minimum atomic E-state index is -2.95. The average Bonchev–Trinajstić information content (AvgIpc) is 2.56. The predicted molar refractivity (Wildman–Crippen MR) is 69.9 cm³/mol. The molecule has 0 amide bonds. The van der Waals surface area contributed by atoms with Crippen molar-refractivity contribution in [3.05, 3.63) is 34.6 Å². The fourth-order valence-electron chi connectivity index (χ4n) is 2.14. The molecule has 2 rings (SSSR count). The lowest BCUT2D eigenvalue weighted by Gasteiger charge is -2.24. The van der Waals surface area contributed by atoms with E-state index in [1.54, 1.807) is 12.1 Å². The summed E-state index contributed by atoms with van der Waals surface area (Å²) in [4.78, 5) is 0. The van der Waals surface area contributed by atoms with Crippen LogP contribution in [0.4, 0.5) is 4.39 Å². The molecule has 1 atom stereocenters. The van der Waals surface area contributed by atoms with E-state index < -0.39 is 21.2 Å². The van der Waals surface area contributed by atoms with E-state index in [4.69, 9.17) is 11.6 Å². The monoisotopic (exact) mass is 291 g/mol. The molecular weight excluding hydrogens is 277 g/mol. The first kappa shape index (κ1) is 13.8. The summed E-state index contributed by atoms with van der Waals surface area (Å²) in [5.74, 6) is -0.138. The van der Waals surface area contributed by atoms with Crippen LogP contribution in [0.25, 0.3) is 0 Å². The molecule has 1 aromatic rings. The van der Waals surface area contributed by atoms with E-state index in [0.29, 0.717) is 18.5 Å². The fraction of sp³-hybridized carbons (Fsp3) is 0.500. The lowest BCUT2D eigenvalue weighted by molar-refractivity contribution is 0.395. The van der Waals surface area contributed by atoms with Crippen molar-refractivity contribution >= 4 is 21.4 Å². The number of halogens is 2. The molecule has 0 aromatic heterocycles. The van der Waals surface area contributed by atoms with E-state index in [2.05, 4.69) is 5.32 Å². The van der Waals surface area contributed by atoms with Crippen LogP contribution in [-0.4, -0.2) is 25.5 Å². The number of hydrogen-bond donors (Lipinski definition) is 1. The van der Waals surface area contributed by atoms with Crippen molar-refractivity contribution in [3.8, 4) is 0 Å². The van der Waals surface area contributed by atoms with Crippen LogP contribution in [0.1, 0.15) is 18.9 Å². The maximum Gasteiger partial charge on any atom is 0.152 e. The molecule has 0 radical (unpaired) electrons. The van der Waals surface area contributed by atoms with Crippen molar-refractivity contribution in [1.82, 2.24) is 5.32 Å². The quantitative estimate of drug-likeness (QED) is 0.928. The zero-order valence-electron chi connectivity index (χ0n) is 10.0. The van der Waals surface area contributed by atoms with Crippen LogP contribution in [0.15, 0.2) is 18.2 Å². The van der Waals surface area contributed by atoms with Crippen molar-refractivity contribution < 1.29 is 12.8 Å². The molecule has 1 aromatic carbocycles. The van der Waals surface area contributed by atoms with E-state index in [1.807, 2.05) is 6.92 Å². The third-order valence-electron chi connectivity index (χ3n) is 3.24. The first-order chi connectivity index (χ1) is 8.31. The molecule has 1 fully saturated rings. The highest BCUT2D eigenvalue weighted by molar-refractivity contribution is 7.91. The topological polar surface area (TPSA) is 46.2 Å². The van der Waals surface area contributed by atoms with Gasteiger partial charge in [0.1, 0.15) is 5.82 Å². The Labute approximate surface area is 111 Å². The van der Waals surface area contributed by atoms with Gasteiger partial charge in [-0.2, -0.15) is 0 Å². The van der Waals surface area contributed by atoms with Gasteiger partial charge in [0.15, 0.2) is 9.84 Å². The van der Waals surface area contributed by atoms with Crippen molar-refractivity contribution in [1.29, 1.82) is 0 Å². The maximum atomic E-state index is 13.2. The third-order valence-corrected chi connectivity index (χ3v) is 5.57. The minimum absolute atomic E-state index is 0.0921. The standard InChI is InChI=1S/C12H15ClFNO2S/c1-12(5-6-18(16,17)8-12)15-7-9-3-2-4-10(14)11(9)13/h2-4,15H,5-8H2,1H3. The van der Waals surface area contributed by atoms with Crippen molar-refractivity contribution in [2.24, 2.45) is 0 Å². The van der Waals surface area contributed by atoms with Crippen molar-refractivity contribution in [2.75, 3.05) is 11.5 Å². The number of hydrogen-bond acceptors (Lipinski definition) is 3. The second-order valence-electron chi connectivity index (χ2n) is 4.97. The second kappa shape index (κ2) is 4.79. The Bertz CT molecular complexity index is 561. The van der Waals surface area contributed by atoms with Gasteiger partial charge in [0.05, 0.1) is 16.5 Å². The van der Waals surface area contributed by atoms with E-state index in [0.717, 1.165) is 0 Å². The van der Waals surface area contributed by atoms with Gasteiger partial charge >= 0.3 is 0 Å². The molecule has 100 valence electrons. The summed E-state index contributed by atoms with van der Waals surface area (Å²) in [5.41, 5.74) is 0.191. The summed E-state index contributed by atoms with van der Waals surface area (Å²) in [6, 6.07) is 4.62. The molecular formula is C12H15ClFNO2S. The Morgan fingerprint density at radius 2 is 2.22 bits per heavy atom. The average molecular weight is 292 g/mol. The Morgan fingerprint density at radius 3 is 2.83 bits per heavy atom. The normalized spacial score (nSPS) is 26.4. The summed E-state index contributed by atoms with van der Waals surface area (Å²) < 4.78 is 36.1. The van der Waals surface area contributed by atoms with Crippen LogP contribution < -0.4 is 5.32 Å². The van der Waals surface area contributed by atoms with E-state index >= 15 is 0 Å². The molecule has 1 aliphatic rings. The Morgan fingerprint density at radius 1 is 1.50 bits per heavy atom. The SMILES string of the molecule is CC1(NCc2cccc(F)c2Cl)CCS(=O)(=O)C1. The molecule has 0 spiro atoms. The van der Waals surface area contributed by atoms with Crippen LogP contribution in [0, 0.1) is 5.82 Å². The van der Waals surface area contributed by atoms with Gasteiger partial charge in [-0.1, -0.05) is 23.7 Å². The Kier molecular flexibility index (Phi) is 3.67. The molecule has 6 heteroatoms. The highest BCUT2D eigenvalue weighted by atomic mass is 35.5. The summed E-state index contributed by atoms with van der Waals surface area (Å²) in [7, 11) is -2.95. The molecule has 1 heterocycles. The lowest BCUT2D eigenvalue weighted by Crippen LogP contribution is -2.42. The van der Waals surface area contributed by atoms with Crippen molar-refractivity contribution in [2.45, 2.75) is 25.4 Å². The van der Waals surface area contributed by atoms with Gasteiger partial charge in [-0.15, -0.1) is 0 Å². The number of rotatable bonds is 3. The zero-order valence-corrected chi connectivity index (χ0v) is 11.6. The molecule has 18 heavy (non-hydrogen) atoms. The van der Waals surface area contributed by atoms with Gasteiger partial charge in [0.25, 0.3) is 0 Å². The molecule has 1 N–H and O–H groups in total. The number of benzene rings is 1. The molecule has 3 nitrogen and oxygen atoms in total. The van der Waals surface area contributed by atoms with Crippen molar-refractivity contribution in [3.63, 3.8) is 0 Å². The molecule has 1 saturated heterocycles. The Hall–Kier alpha value is -0.650.